The highest BCUT2D eigenvalue weighted by Gasteiger charge is 2.38. The molecule has 2 aromatic carbocycles. The van der Waals surface area contributed by atoms with Gasteiger partial charge >= 0.3 is 12.1 Å². The van der Waals surface area contributed by atoms with Gasteiger partial charge in [0.15, 0.2) is 6.10 Å². The fraction of sp³-hybridized carbons (Fsp3) is 0.444. The number of aliphatic carboxylic acids is 1. The number of benzene rings is 2. The highest BCUT2D eigenvalue weighted by atomic mass is 16.7. The molecule has 0 saturated heterocycles. The van der Waals surface area contributed by atoms with Gasteiger partial charge < -0.3 is 15.2 Å². The smallest absolute Gasteiger partial charge is 0.407 e. The van der Waals surface area contributed by atoms with E-state index in [1.54, 1.807) is 0 Å². The molecular weight excluding hydrogens is 448 g/mol. The molecule has 0 aliphatic heterocycles. The second kappa shape index (κ2) is 10.1. The summed E-state index contributed by atoms with van der Waals surface area (Å²) in [5.41, 5.74) is 6.96. The van der Waals surface area contributed by atoms with E-state index < -0.39 is 18.2 Å². The Kier molecular flexibility index (Phi) is 6.72. The molecular formula is C27H30N2O6. The van der Waals surface area contributed by atoms with Crippen LogP contribution in [0.25, 0.3) is 11.1 Å². The Morgan fingerprint density at radius 3 is 2.23 bits per heavy atom. The SMILES string of the molecule is O=C(C[C@@H]1CCC[C@H]1NC(=O)OCC1c2ccccc2-c2ccccc21)NOC(C(=O)O)C1CC1. The molecule has 2 saturated carbocycles. The number of nitrogens with one attached hydrogen (secondary N) is 2. The van der Waals surface area contributed by atoms with E-state index in [1.807, 2.05) is 24.3 Å². The topological polar surface area (TPSA) is 114 Å². The minimum atomic E-state index is -1.07. The van der Waals surface area contributed by atoms with E-state index in [9.17, 15) is 19.5 Å². The second-order valence-corrected chi connectivity index (χ2v) is 9.71. The van der Waals surface area contributed by atoms with Gasteiger partial charge in [-0.1, -0.05) is 55.0 Å². The van der Waals surface area contributed by atoms with Crippen molar-refractivity contribution in [2.45, 2.75) is 56.6 Å². The minimum Gasteiger partial charge on any atom is -0.479 e. The summed E-state index contributed by atoms with van der Waals surface area (Å²) in [6.07, 6.45) is 2.72. The molecule has 8 nitrogen and oxygen atoms in total. The number of hydroxylamine groups is 1. The van der Waals surface area contributed by atoms with Crippen LogP contribution in [0.3, 0.4) is 0 Å². The summed E-state index contributed by atoms with van der Waals surface area (Å²) in [6.45, 7) is 0.239. The average Bonchev–Trinajstić information content (AvgIpc) is 3.51. The zero-order valence-electron chi connectivity index (χ0n) is 19.4. The molecule has 3 N–H and O–H groups in total. The normalized spacial score (nSPS) is 21.6. The highest BCUT2D eigenvalue weighted by Crippen LogP contribution is 2.44. The molecule has 8 heteroatoms. The van der Waals surface area contributed by atoms with Crippen LogP contribution in [0.4, 0.5) is 4.79 Å². The number of alkyl carbamates (subject to hydrolysis) is 1. The number of carbonyl (C=O) groups excluding carboxylic acids is 2. The molecule has 0 bridgehead atoms. The lowest BCUT2D eigenvalue weighted by atomic mass is 9.98. The molecule has 35 heavy (non-hydrogen) atoms. The average molecular weight is 479 g/mol. The van der Waals surface area contributed by atoms with Gasteiger partial charge in [-0.05, 0) is 59.8 Å². The summed E-state index contributed by atoms with van der Waals surface area (Å²) in [5, 5.41) is 12.2. The van der Waals surface area contributed by atoms with Crippen LogP contribution >= 0.6 is 0 Å². The maximum Gasteiger partial charge on any atom is 0.407 e. The monoisotopic (exact) mass is 478 g/mol. The van der Waals surface area contributed by atoms with Gasteiger partial charge in [-0.15, -0.1) is 0 Å². The lowest BCUT2D eigenvalue weighted by Gasteiger charge is -2.22. The summed E-state index contributed by atoms with van der Waals surface area (Å²) in [7, 11) is 0. The van der Waals surface area contributed by atoms with E-state index in [2.05, 4.69) is 35.1 Å². The van der Waals surface area contributed by atoms with Crippen LogP contribution in [-0.4, -0.2) is 41.8 Å². The van der Waals surface area contributed by atoms with Crippen molar-refractivity contribution in [1.29, 1.82) is 0 Å². The van der Waals surface area contributed by atoms with E-state index in [4.69, 9.17) is 9.57 Å². The van der Waals surface area contributed by atoms with Gasteiger partial charge in [0, 0.05) is 18.4 Å². The molecule has 184 valence electrons. The lowest BCUT2D eigenvalue weighted by Crippen LogP contribution is -2.41. The predicted octanol–water partition coefficient (Wildman–Crippen LogP) is 3.99. The molecule has 2 aromatic rings. The number of hydrogen-bond acceptors (Lipinski definition) is 5. The van der Waals surface area contributed by atoms with E-state index in [1.165, 1.54) is 11.1 Å². The first kappa shape index (κ1) is 23.4. The van der Waals surface area contributed by atoms with Crippen LogP contribution in [0.2, 0.25) is 0 Å². The Balaban J connectivity index is 1.12. The third-order valence-electron chi connectivity index (χ3n) is 7.35. The zero-order valence-corrected chi connectivity index (χ0v) is 19.4. The molecule has 3 aliphatic rings. The third kappa shape index (κ3) is 5.17. The van der Waals surface area contributed by atoms with Gasteiger partial charge in [0.05, 0.1) is 0 Å². The molecule has 1 unspecified atom stereocenters. The molecule has 3 aliphatic carbocycles. The number of amides is 2. The van der Waals surface area contributed by atoms with E-state index >= 15 is 0 Å². The molecule has 2 amide bonds. The van der Waals surface area contributed by atoms with Gasteiger partial charge in [-0.3, -0.25) is 9.63 Å². The van der Waals surface area contributed by atoms with Gasteiger partial charge in [0.2, 0.25) is 5.91 Å². The maximum absolute atomic E-state index is 12.7. The number of carboxylic acids is 1. The summed E-state index contributed by atoms with van der Waals surface area (Å²) >= 11 is 0. The van der Waals surface area contributed by atoms with Gasteiger partial charge in [0.25, 0.3) is 0 Å². The van der Waals surface area contributed by atoms with Crippen molar-refractivity contribution in [3.63, 3.8) is 0 Å². The maximum atomic E-state index is 12.7. The third-order valence-corrected chi connectivity index (χ3v) is 7.35. The van der Waals surface area contributed by atoms with E-state index in [0.29, 0.717) is 0 Å². The van der Waals surface area contributed by atoms with Crippen LogP contribution in [-0.2, 0) is 19.2 Å². The van der Waals surface area contributed by atoms with Crippen LogP contribution in [0.15, 0.2) is 48.5 Å². The van der Waals surface area contributed by atoms with Crippen LogP contribution in [0.5, 0.6) is 0 Å². The van der Waals surface area contributed by atoms with Gasteiger partial charge in [0.1, 0.15) is 6.61 Å². The largest absolute Gasteiger partial charge is 0.479 e. The molecule has 5 rings (SSSR count). The van der Waals surface area contributed by atoms with Crippen molar-refractivity contribution in [3.8, 4) is 11.1 Å². The van der Waals surface area contributed by atoms with Crippen molar-refractivity contribution in [2.75, 3.05) is 6.61 Å². The van der Waals surface area contributed by atoms with Crippen LogP contribution < -0.4 is 10.8 Å². The summed E-state index contributed by atoms with van der Waals surface area (Å²) in [6, 6.07) is 16.2. The number of carboxylic acid groups (broad SMARTS) is 1. The van der Waals surface area contributed by atoms with Crippen LogP contribution in [0.1, 0.15) is 55.6 Å². The molecule has 0 heterocycles. The van der Waals surface area contributed by atoms with Gasteiger partial charge in [-0.25, -0.2) is 15.1 Å². The first-order valence-electron chi connectivity index (χ1n) is 12.3. The van der Waals surface area contributed by atoms with Crippen molar-refractivity contribution in [1.82, 2.24) is 10.8 Å². The first-order chi connectivity index (χ1) is 17.0. The quantitative estimate of drug-likeness (QED) is 0.470. The Morgan fingerprint density at radius 2 is 1.60 bits per heavy atom. The Labute approximate surface area is 204 Å². The molecule has 0 radical (unpaired) electrons. The van der Waals surface area contributed by atoms with Gasteiger partial charge in [-0.2, -0.15) is 0 Å². The fourth-order valence-electron chi connectivity index (χ4n) is 5.42. The number of carbonyl (C=O) groups is 3. The Bertz CT molecular complexity index is 1070. The summed E-state index contributed by atoms with van der Waals surface area (Å²) in [5.74, 6) is -1.54. The second-order valence-electron chi connectivity index (χ2n) is 9.71. The van der Waals surface area contributed by atoms with Crippen LogP contribution in [0, 0.1) is 11.8 Å². The number of rotatable bonds is 9. The number of ether oxygens (including phenoxy) is 1. The standard InChI is InChI=1S/C27H30N2O6/c30-24(29-35-25(26(31)32)16-12-13-16)14-17-6-5-11-23(17)28-27(33)34-15-22-20-9-3-1-7-18(20)19-8-2-4-10-21(19)22/h1-4,7-10,16-17,22-23,25H,5-6,11-15H2,(H,28,33)(H,29,30)(H,31,32)/t17-,23+,25?/m0/s1. The number of hydrogen-bond donors (Lipinski definition) is 3. The highest BCUT2D eigenvalue weighted by molar-refractivity contribution is 5.79. The molecule has 0 aromatic heterocycles. The summed E-state index contributed by atoms with van der Waals surface area (Å²) < 4.78 is 5.65. The Hall–Kier alpha value is -3.39. The zero-order chi connectivity index (χ0) is 24.4. The fourth-order valence-corrected chi connectivity index (χ4v) is 5.42. The molecule has 2 fully saturated rings. The lowest BCUT2D eigenvalue weighted by molar-refractivity contribution is -0.162. The molecule has 0 spiro atoms. The summed E-state index contributed by atoms with van der Waals surface area (Å²) in [4.78, 5) is 41.4. The molecule has 3 atom stereocenters. The Morgan fingerprint density at radius 1 is 0.943 bits per heavy atom. The number of fused-ring (bicyclic) bond motifs is 3. The van der Waals surface area contributed by atoms with E-state index in [-0.39, 0.29) is 42.7 Å². The van der Waals surface area contributed by atoms with Crippen molar-refractivity contribution >= 4 is 18.0 Å². The minimum absolute atomic E-state index is 0.0101. The van der Waals surface area contributed by atoms with Crippen molar-refractivity contribution < 1.29 is 29.1 Å². The van der Waals surface area contributed by atoms with Crippen molar-refractivity contribution in [3.05, 3.63) is 59.7 Å². The first-order valence-corrected chi connectivity index (χ1v) is 12.3. The predicted molar refractivity (Wildman–Crippen MR) is 127 cm³/mol. The van der Waals surface area contributed by atoms with E-state index in [0.717, 1.165) is 43.2 Å². The van der Waals surface area contributed by atoms with Crippen molar-refractivity contribution in [2.24, 2.45) is 11.8 Å².